The zero-order valence-electron chi connectivity index (χ0n) is 11.7. The van der Waals surface area contributed by atoms with Gasteiger partial charge in [-0.15, -0.1) is 0 Å². The molecule has 0 aliphatic heterocycles. The minimum absolute atomic E-state index is 0.0672. The van der Waals surface area contributed by atoms with Crippen LogP contribution >= 0.6 is 15.9 Å². The molecule has 0 bridgehead atoms. The van der Waals surface area contributed by atoms with Gasteiger partial charge in [-0.2, -0.15) is 0 Å². The fraction of sp³-hybridized carbons (Fsp3) is 0.533. The van der Waals surface area contributed by atoms with Gasteiger partial charge in [-0.1, -0.05) is 29.3 Å². The molecule has 0 amide bonds. The molecule has 19 heavy (non-hydrogen) atoms. The summed E-state index contributed by atoms with van der Waals surface area (Å²) >= 11 is 3.38. The van der Waals surface area contributed by atoms with E-state index in [1.54, 1.807) is 12.1 Å². The molecule has 0 radical (unpaired) electrons. The summed E-state index contributed by atoms with van der Waals surface area (Å²) in [5, 5.41) is 11.1. The summed E-state index contributed by atoms with van der Waals surface area (Å²) < 4.78 is 5.85. The highest BCUT2D eigenvalue weighted by Crippen LogP contribution is 2.33. The van der Waals surface area contributed by atoms with Crippen molar-refractivity contribution in [1.82, 2.24) is 0 Å². The zero-order chi connectivity index (χ0) is 14.4. The van der Waals surface area contributed by atoms with E-state index in [9.17, 15) is 9.90 Å². The summed E-state index contributed by atoms with van der Waals surface area (Å²) in [5.74, 6) is 0.616. The molecule has 0 saturated heterocycles. The van der Waals surface area contributed by atoms with Crippen molar-refractivity contribution in [3.05, 3.63) is 23.3 Å². The number of hydrogen-bond acceptors (Lipinski definition) is 3. The average Bonchev–Trinajstić information content (AvgIpc) is 2.33. The molecule has 3 nitrogen and oxygen atoms in total. The van der Waals surface area contributed by atoms with Crippen LogP contribution in [0, 0.1) is 0 Å². The molecule has 1 atom stereocenters. The number of hydrogen-bond donors (Lipinski definition) is 1. The van der Waals surface area contributed by atoms with Gasteiger partial charge in [0.2, 0.25) is 0 Å². The standard InChI is InChI=1S/C15H21BrO3/c1-4-5-13-14(19-10(2)8-9-16)7-6-12(11(3)17)15(13)18/h6-7,10,18H,4-5,8-9H2,1-3H3. The number of carbonyl (C=O) groups is 1. The van der Waals surface area contributed by atoms with E-state index in [2.05, 4.69) is 15.9 Å². The number of phenolic OH excluding ortho intramolecular Hbond substituents is 1. The second kappa shape index (κ2) is 7.53. The van der Waals surface area contributed by atoms with Gasteiger partial charge in [-0.3, -0.25) is 4.79 Å². The first kappa shape index (κ1) is 16.0. The van der Waals surface area contributed by atoms with Gasteiger partial charge in [0.25, 0.3) is 0 Å². The van der Waals surface area contributed by atoms with E-state index in [1.807, 2.05) is 13.8 Å². The second-order valence-electron chi connectivity index (χ2n) is 4.65. The van der Waals surface area contributed by atoms with E-state index in [-0.39, 0.29) is 17.6 Å². The predicted octanol–water partition coefficient (Wildman–Crippen LogP) is 4.10. The van der Waals surface area contributed by atoms with Crippen molar-refractivity contribution in [1.29, 1.82) is 0 Å². The number of Topliss-reactive ketones (excluding diaryl/α,β-unsaturated/α-hetero) is 1. The molecule has 1 aromatic carbocycles. The van der Waals surface area contributed by atoms with E-state index in [0.717, 1.165) is 23.7 Å². The van der Waals surface area contributed by atoms with Crippen molar-refractivity contribution in [2.24, 2.45) is 0 Å². The Labute approximate surface area is 123 Å². The molecular formula is C15H21BrO3. The van der Waals surface area contributed by atoms with Crippen LogP contribution < -0.4 is 4.74 Å². The maximum Gasteiger partial charge on any atom is 0.163 e. The average molecular weight is 329 g/mol. The second-order valence-corrected chi connectivity index (χ2v) is 5.44. The Morgan fingerprint density at radius 3 is 2.68 bits per heavy atom. The summed E-state index contributed by atoms with van der Waals surface area (Å²) in [5.41, 5.74) is 1.10. The van der Waals surface area contributed by atoms with E-state index in [4.69, 9.17) is 4.74 Å². The van der Waals surface area contributed by atoms with Gasteiger partial charge in [0.15, 0.2) is 5.78 Å². The lowest BCUT2D eigenvalue weighted by Crippen LogP contribution is -2.13. The molecule has 106 valence electrons. The summed E-state index contributed by atoms with van der Waals surface area (Å²) in [6.07, 6.45) is 2.54. The topological polar surface area (TPSA) is 46.5 Å². The number of rotatable bonds is 7. The van der Waals surface area contributed by atoms with Crippen molar-refractivity contribution in [3.63, 3.8) is 0 Å². The SMILES string of the molecule is CCCc1c(OC(C)CCBr)ccc(C(C)=O)c1O. The third kappa shape index (κ3) is 4.23. The molecule has 0 saturated carbocycles. The van der Waals surface area contributed by atoms with Crippen molar-refractivity contribution in [3.8, 4) is 11.5 Å². The molecule has 0 fully saturated rings. The lowest BCUT2D eigenvalue weighted by molar-refractivity contribution is 0.101. The molecule has 1 N–H and O–H groups in total. The Balaban J connectivity index is 3.10. The van der Waals surface area contributed by atoms with Gasteiger partial charge in [0.1, 0.15) is 11.5 Å². The molecule has 0 heterocycles. The highest BCUT2D eigenvalue weighted by atomic mass is 79.9. The quantitative estimate of drug-likeness (QED) is 0.605. The molecule has 0 spiro atoms. The molecule has 4 heteroatoms. The van der Waals surface area contributed by atoms with Gasteiger partial charge < -0.3 is 9.84 Å². The maximum absolute atomic E-state index is 11.5. The third-order valence-corrected chi connectivity index (χ3v) is 3.42. The van der Waals surface area contributed by atoms with Crippen molar-refractivity contribution >= 4 is 21.7 Å². The fourth-order valence-electron chi connectivity index (χ4n) is 1.93. The molecular weight excluding hydrogens is 308 g/mol. The molecule has 0 aromatic heterocycles. The fourth-order valence-corrected chi connectivity index (χ4v) is 2.58. The normalized spacial score (nSPS) is 12.2. The number of alkyl halides is 1. The predicted molar refractivity (Wildman–Crippen MR) is 80.6 cm³/mol. The number of halogens is 1. The number of carbonyl (C=O) groups excluding carboxylic acids is 1. The molecule has 0 aliphatic carbocycles. The number of benzene rings is 1. The highest BCUT2D eigenvalue weighted by molar-refractivity contribution is 9.09. The first-order valence-electron chi connectivity index (χ1n) is 6.59. The van der Waals surface area contributed by atoms with E-state index in [0.29, 0.717) is 17.7 Å². The summed E-state index contributed by atoms with van der Waals surface area (Å²) in [4.78, 5) is 11.5. The minimum atomic E-state index is -0.130. The van der Waals surface area contributed by atoms with Crippen molar-refractivity contribution in [2.75, 3.05) is 5.33 Å². The van der Waals surface area contributed by atoms with Crippen molar-refractivity contribution in [2.45, 2.75) is 46.1 Å². The largest absolute Gasteiger partial charge is 0.507 e. The van der Waals surface area contributed by atoms with Crippen LogP contribution in [0.1, 0.15) is 49.5 Å². The van der Waals surface area contributed by atoms with E-state index < -0.39 is 0 Å². The van der Waals surface area contributed by atoms with Crippen LogP contribution in [-0.4, -0.2) is 22.3 Å². The van der Waals surface area contributed by atoms with E-state index >= 15 is 0 Å². The van der Waals surface area contributed by atoms with Crippen LogP contribution in [0.5, 0.6) is 11.5 Å². The molecule has 1 aromatic rings. The van der Waals surface area contributed by atoms with Gasteiger partial charge >= 0.3 is 0 Å². The van der Waals surface area contributed by atoms with Crippen LogP contribution in [0.15, 0.2) is 12.1 Å². The third-order valence-electron chi connectivity index (χ3n) is 2.96. The number of aromatic hydroxyl groups is 1. The molecule has 0 aliphatic rings. The minimum Gasteiger partial charge on any atom is -0.507 e. The van der Waals surface area contributed by atoms with Gasteiger partial charge in [-0.25, -0.2) is 0 Å². The van der Waals surface area contributed by atoms with Crippen LogP contribution in [-0.2, 0) is 6.42 Å². The summed E-state index contributed by atoms with van der Waals surface area (Å²) in [6, 6.07) is 3.42. The van der Waals surface area contributed by atoms with Gasteiger partial charge in [0, 0.05) is 10.9 Å². The Kier molecular flexibility index (Phi) is 6.35. The Morgan fingerprint density at radius 1 is 1.47 bits per heavy atom. The van der Waals surface area contributed by atoms with Crippen LogP contribution in [0.2, 0.25) is 0 Å². The number of ether oxygens (including phenoxy) is 1. The Bertz CT molecular complexity index is 443. The summed E-state index contributed by atoms with van der Waals surface area (Å²) in [6.45, 7) is 5.48. The number of phenols is 1. The highest BCUT2D eigenvalue weighted by Gasteiger charge is 2.17. The van der Waals surface area contributed by atoms with E-state index in [1.165, 1.54) is 6.92 Å². The lowest BCUT2D eigenvalue weighted by Gasteiger charge is -2.18. The maximum atomic E-state index is 11.5. The van der Waals surface area contributed by atoms with Crippen LogP contribution in [0.3, 0.4) is 0 Å². The Hall–Kier alpha value is -1.03. The Morgan fingerprint density at radius 2 is 2.16 bits per heavy atom. The summed E-state index contributed by atoms with van der Waals surface area (Å²) in [7, 11) is 0. The lowest BCUT2D eigenvalue weighted by atomic mass is 10.0. The molecule has 1 rings (SSSR count). The van der Waals surface area contributed by atoms with Crippen LogP contribution in [0.25, 0.3) is 0 Å². The van der Waals surface area contributed by atoms with Crippen LogP contribution in [0.4, 0.5) is 0 Å². The first-order chi connectivity index (χ1) is 9.01. The number of ketones is 1. The zero-order valence-corrected chi connectivity index (χ0v) is 13.3. The van der Waals surface area contributed by atoms with Gasteiger partial charge in [-0.05, 0) is 38.8 Å². The first-order valence-corrected chi connectivity index (χ1v) is 7.71. The smallest absolute Gasteiger partial charge is 0.163 e. The van der Waals surface area contributed by atoms with Gasteiger partial charge in [0.05, 0.1) is 11.7 Å². The monoisotopic (exact) mass is 328 g/mol. The van der Waals surface area contributed by atoms with Crippen molar-refractivity contribution < 1.29 is 14.6 Å². The molecule has 1 unspecified atom stereocenters.